The number of likely N-dealkylation sites (N-methyl/N-ethyl adjacent to an activating group) is 1. The van der Waals surface area contributed by atoms with E-state index in [1.807, 2.05) is 0 Å². The van der Waals surface area contributed by atoms with E-state index in [4.69, 9.17) is 4.74 Å². The molecular formula is C14H17N3O4S. The molecule has 0 bridgehead atoms. The van der Waals surface area contributed by atoms with Crippen LogP contribution in [0.4, 0.5) is 0 Å². The molecular weight excluding hydrogens is 306 g/mol. The number of aromatic nitrogens is 2. The lowest BCUT2D eigenvalue weighted by atomic mass is 10.2. The Morgan fingerprint density at radius 3 is 2.77 bits per heavy atom. The normalized spacial score (nSPS) is 10.7. The fourth-order valence-electron chi connectivity index (χ4n) is 2.07. The fourth-order valence-corrected chi connectivity index (χ4v) is 3.10. The summed E-state index contributed by atoms with van der Waals surface area (Å²) in [4.78, 5) is 41.0. The molecule has 0 unspecified atom stereocenters. The van der Waals surface area contributed by atoms with Gasteiger partial charge in [-0.05, 0) is 26.3 Å². The average molecular weight is 323 g/mol. The molecule has 2 rings (SSSR count). The molecule has 0 spiro atoms. The van der Waals surface area contributed by atoms with Crippen LogP contribution >= 0.6 is 11.3 Å². The number of carbonyl (C=O) groups excluding carboxylic acids is 2. The highest BCUT2D eigenvalue weighted by Crippen LogP contribution is 2.27. The third kappa shape index (κ3) is 3.01. The van der Waals surface area contributed by atoms with Crippen LogP contribution in [0.5, 0.6) is 0 Å². The van der Waals surface area contributed by atoms with Crippen LogP contribution < -0.4 is 10.9 Å². The van der Waals surface area contributed by atoms with Crippen molar-refractivity contribution in [2.24, 2.45) is 0 Å². The van der Waals surface area contributed by atoms with Crippen LogP contribution in [0.1, 0.15) is 29.1 Å². The molecule has 2 aromatic heterocycles. The summed E-state index contributed by atoms with van der Waals surface area (Å²) >= 11 is 1.12. The third-order valence-electron chi connectivity index (χ3n) is 3.07. The van der Waals surface area contributed by atoms with Crippen molar-refractivity contribution in [3.05, 3.63) is 27.1 Å². The lowest BCUT2D eigenvalue weighted by Gasteiger charge is -2.05. The first kappa shape index (κ1) is 16.2. The number of hydrogen-bond acceptors (Lipinski definition) is 6. The second-order valence-electron chi connectivity index (χ2n) is 4.59. The van der Waals surface area contributed by atoms with Crippen LogP contribution in [-0.2, 0) is 16.1 Å². The lowest BCUT2D eigenvalue weighted by molar-refractivity contribution is -0.121. The lowest BCUT2D eigenvalue weighted by Crippen LogP contribution is -2.32. The molecule has 0 atom stereocenters. The maximum absolute atomic E-state index is 12.5. The Hall–Kier alpha value is -2.22. The maximum Gasteiger partial charge on any atom is 0.348 e. The topological polar surface area (TPSA) is 90.3 Å². The SMILES string of the molecule is CCNC(=O)Cn1cnc2sc(C(=O)OCC)c(C)c2c1=O. The molecule has 0 radical (unpaired) electrons. The summed E-state index contributed by atoms with van der Waals surface area (Å²) in [6.07, 6.45) is 1.32. The quantitative estimate of drug-likeness (QED) is 0.832. The molecule has 22 heavy (non-hydrogen) atoms. The number of aryl methyl sites for hydroxylation is 1. The minimum atomic E-state index is -0.460. The molecule has 0 aromatic carbocycles. The Labute approximate surface area is 130 Å². The second-order valence-corrected chi connectivity index (χ2v) is 5.59. The summed E-state index contributed by atoms with van der Waals surface area (Å²) in [6.45, 7) is 5.87. The van der Waals surface area contributed by atoms with E-state index in [2.05, 4.69) is 10.3 Å². The van der Waals surface area contributed by atoms with E-state index < -0.39 is 5.97 Å². The first-order valence-corrected chi connectivity index (χ1v) is 7.73. The van der Waals surface area contributed by atoms with E-state index in [0.717, 1.165) is 11.3 Å². The number of nitrogens with one attached hydrogen (secondary N) is 1. The molecule has 0 aliphatic rings. The number of thiophene rings is 1. The minimum Gasteiger partial charge on any atom is -0.462 e. The largest absolute Gasteiger partial charge is 0.462 e. The Morgan fingerprint density at radius 2 is 2.14 bits per heavy atom. The van der Waals surface area contributed by atoms with Crippen LogP contribution in [0.3, 0.4) is 0 Å². The highest BCUT2D eigenvalue weighted by Gasteiger charge is 2.20. The molecule has 0 aliphatic carbocycles. The predicted molar refractivity (Wildman–Crippen MR) is 83.3 cm³/mol. The third-order valence-corrected chi connectivity index (χ3v) is 4.25. The molecule has 8 heteroatoms. The number of fused-ring (bicyclic) bond motifs is 1. The van der Waals surface area contributed by atoms with Gasteiger partial charge in [0.25, 0.3) is 5.56 Å². The van der Waals surface area contributed by atoms with Crippen LogP contribution in [0.25, 0.3) is 10.2 Å². The second kappa shape index (κ2) is 6.69. The monoisotopic (exact) mass is 323 g/mol. The number of nitrogens with zero attached hydrogens (tertiary/aromatic N) is 2. The van der Waals surface area contributed by atoms with Gasteiger partial charge >= 0.3 is 5.97 Å². The Morgan fingerprint density at radius 1 is 1.41 bits per heavy atom. The van der Waals surface area contributed by atoms with Crippen LogP contribution in [-0.4, -0.2) is 34.6 Å². The average Bonchev–Trinajstić information content (AvgIpc) is 2.80. The van der Waals surface area contributed by atoms with E-state index in [1.165, 1.54) is 10.9 Å². The number of hydrogen-bond donors (Lipinski definition) is 1. The van der Waals surface area contributed by atoms with E-state index in [1.54, 1.807) is 20.8 Å². The van der Waals surface area contributed by atoms with Gasteiger partial charge in [-0.3, -0.25) is 14.2 Å². The first-order chi connectivity index (χ1) is 10.5. The first-order valence-electron chi connectivity index (χ1n) is 6.91. The number of rotatable bonds is 5. The zero-order chi connectivity index (χ0) is 16.3. The van der Waals surface area contributed by atoms with Crippen molar-refractivity contribution < 1.29 is 14.3 Å². The molecule has 2 aromatic rings. The molecule has 7 nitrogen and oxygen atoms in total. The highest BCUT2D eigenvalue weighted by atomic mass is 32.1. The standard InChI is InChI=1S/C14H17N3O4S/c1-4-15-9(18)6-17-7-16-12-10(13(17)19)8(3)11(22-12)14(20)21-5-2/h7H,4-6H2,1-3H3,(H,15,18). The van der Waals surface area contributed by atoms with Crippen molar-refractivity contribution in [2.75, 3.05) is 13.2 Å². The van der Waals surface area contributed by atoms with Gasteiger partial charge in [0, 0.05) is 6.54 Å². The predicted octanol–water partition coefficient (Wildman–Crippen LogP) is 1.08. The summed E-state index contributed by atoms with van der Waals surface area (Å²) < 4.78 is 6.21. The van der Waals surface area contributed by atoms with E-state index in [9.17, 15) is 14.4 Å². The number of amides is 1. The number of carbonyl (C=O) groups is 2. The van der Waals surface area contributed by atoms with Gasteiger partial charge in [-0.1, -0.05) is 0 Å². The summed E-state index contributed by atoms with van der Waals surface area (Å²) in [5.41, 5.74) is 0.210. The molecule has 1 amide bonds. The van der Waals surface area contributed by atoms with Gasteiger partial charge in [0.1, 0.15) is 16.3 Å². The summed E-state index contributed by atoms with van der Waals surface area (Å²) in [5.74, 6) is -0.720. The summed E-state index contributed by atoms with van der Waals surface area (Å²) in [6, 6.07) is 0. The Bertz CT molecular complexity index is 778. The zero-order valence-corrected chi connectivity index (χ0v) is 13.5. The van der Waals surface area contributed by atoms with Gasteiger partial charge < -0.3 is 10.1 Å². The minimum absolute atomic E-state index is 0.0976. The van der Waals surface area contributed by atoms with Gasteiger partial charge in [-0.25, -0.2) is 9.78 Å². The van der Waals surface area contributed by atoms with Crippen LogP contribution in [0, 0.1) is 6.92 Å². The van der Waals surface area contributed by atoms with Gasteiger partial charge in [-0.2, -0.15) is 0 Å². The molecule has 0 saturated heterocycles. The van der Waals surface area contributed by atoms with E-state index >= 15 is 0 Å². The summed E-state index contributed by atoms with van der Waals surface area (Å²) in [5, 5.41) is 2.99. The molecule has 0 aliphatic heterocycles. The number of ether oxygens (including phenoxy) is 1. The van der Waals surface area contributed by atoms with Crippen molar-refractivity contribution in [2.45, 2.75) is 27.3 Å². The van der Waals surface area contributed by atoms with Gasteiger partial charge in [0.15, 0.2) is 0 Å². The van der Waals surface area contributed by atoms with Crippen molar-refractivity contribution in [1.29, 1.82) is 0 Å². The van der Waals surface area contributed by atoms with Crippen molar-refractivity contribution in [3.63, 3.8) is 0 Å². The maximum atomic E-state index is 12.5. The highest BCUT2D eigenvalue weighted by molar-refractivity contribution is 7.20. The smallest absolute Gasteiger partial charge is 0.348 e. The van der Waals surface area contributed by atoms with Gasteiger partial charge in [-0.15, -0.1) is 11.3 Å². The van der Waals surface area contributed by atoms with Crippen molar-refractivity contribution in [1.82, 2.24) is 14.9 Å². The van der Waals surface area contributed by atoms with Crippen LogP contribution in [0.15, 0.2) is 11.1 Å². The summed E-state index contributed by atoms with van der Waals surface area (Å²) in [7, 11) is 0. The Kier molecular flexibility index (Phi) is 4.92. The zero-order valence-electron chi connectivity index (χ0n) is 12.6. The fraction of sp³-hybridized carbons (Fsp3) is 0.429. The number of esters is 1. The van der Waals surface area contributed by atoms with Crippen LogP contribution in [0.2, 0.25) is 0 Å². The molecule has 118 valence electrons. The molecule has 2 heterocycles. The van der Waals surface area contributed by atoms with Gasteiger partial charge in [0.05, 0.1) is 18.3 Å². The van der Waals surface area contributed by atoms with Crippen molar-refractivity contribution in [3.8, 4) is 0 Å². The van der Waals surface area contributed by atoms with E-state index in [0.29, 0.717) is 27.2 Å². The molecule has 0 saturated carbocycles. The van der Waals surface area contributed by atoms with Crippen molar-refractivity contribution >= 4 is 33.4 Å². The Balaban J connectivity index is 2.47. The molecule has 0 fully saturated rings. The van der Waals surface area contributed by atoms with Gasteiger partial charge in [0.2, 0.25) is 5.91 Å². The molecule has 1 N–H and O–H groups in total. The van der Waals surface area contributed by atoms with E-state index in [-0.39, 0.29) is 24.6 Å².